The second-order valence-corrected chi connectivity index (χ2v) is 10.3. The second-order valence-electron chi connectivity index (χ2n) is 9.23. The maximum atomic E-state index is 13.7. The van der Waals surface area contributed by atoms with Crippen molar-refractivity contribution in [2.24, 2.45) is 5.73 Å². The smallest absolute Gasteiger partial charge is 0.258 e. The fraction of sp³-hybridized carbons (Fsp3) is 0.214. The maximum Gasteiger partial charge on any atom is 0.258 e. The zero-order valence-electron chi connectivity index (χ0n) is 20.1. The fourth-order valence-electron chi connectivity index (χ4n) is 4.98. The number of fused-ring (bicyclic) bond motifs is 5. The van der Waals surface area contributed by atoms with Gasteiger partial charge in [-0.15, -0.1) is 11.3 Å². The van der Waals surface area contributed by atoms with Crippen LogP contribution in [-0.4, -0.2) is 52.3 Å². The number of rotatable bonds is 6. The van der Waals surface area contributed by atoms with Crippen molar-refractivity contribution in [1.29, 1.82) is 0 Å². The van der Waals surface area contributed by atoms with Crippen LogP contribution in [0.3, 0.4) is 0 Å². The topological polar surface area (TPSA) is 110 Å². The number of para-hydroxylation sites is 1. The summed E-state index contributed by atoms with van der Waals surface area (Å²) in [4.78, 5) is 46.2. The highest BCUT2D eigenvalue weighted by atomic mass is 32.1. The van der Waals surface area contributed by atoms with Crippen LogP contribution in [0.2, 0.25) is 0 Å². The van der Waals surface area contributed by atoms with Gasteiger partial charge in [0.05, 0.1) is 21.3 Å². The molecule has 37 heavy (non-hydrogen) atoms. The zero-order chi connectivity index (χ0) is 25.5. The lowest BCUT2D eigenvalue weighted by molar-refractivity contribution is 0.0949. The van der Waals surface area contributed by atoms with Crippen LogP contribution in [-0.2, 0) is 0 Å². The van der Waals surface area contributed by atoms with Gasteiger partial charge in [-0.25, -0.2) is 4.98 Å². The van der Waals surface area contributed by atoms with Crippen LogP contribution in [0.1, 0.15) is 33.6 Å². The Labute approximate surface area is 216 Å². The number of pyridine rings is 2. The van der Waals surface area contributed by atoms with E-state index in [2.05, 4.69) is 10.2 Å². The van der Waals surface area contributed by atoms with Gasteiger partial charge in [0.15, 0.2) is 0 Å². The summed E-state index contributed by atoms with van der Waals surface area (Å²) in [6.45, 7) is 3.37. The van der Waals surface area contributed by atoms with Crippen molar-refractivity contribution in [2.75, 3.05) is 26.2 Å². The molecule has 8 nitrogen and oxygen atoms in total. The third-order valence-corrected chi connectivity index (χ3v) is 8.04. The number of hydrogen-bond acceptors (Lipinski definition) is 6. The van der Waals surface area contributed by atoms with Gasteiger partial charge in [0.2, 0.25) is 11.3 Å². The van der Waals surface area contributed by atoms with Crippen LogP contribution in [0.15, 0.2) is 65.5 Å². The largest absolute Gasteiger partial charge is 0.366 e. The monoisotopic (exact) mass is 511 g/mol. The summed E-state index contributed by atoms with van der Waals surface area (Å²) in [6.07, 6.45) is 2.37. The number of amides is 2. The molecule has 0 atom stereocenters. The van der Waals surface area contributed by atoms with E-state index in [1.165, 1.54) is 24.2 Å². The summed E-state index contributed by atoms with van der Waals surface area (Å²) >= 11 is 1.41. The normalized spacial score (nSPS) is 14.1. The minimum atomic E-state index is -0.498. The zero-order valence-corrected chi connectivity index (χ0v) is 20.9. The summed E-state index contributed by atoms with van der Waals surface area (Å²) in [5, 5.41) is 3.35. The number of nitrogens with two attached hydrogens (primary N) is 1. The molecule has 0 aliphatic carbocycles. The van der Waals surface area contributed by atoms with Crippen LogP contribution in [0.4, 0.5) is 0 Å². The number of carbonyl (C=O) groups excluding carboxylic acids is 2. The molecule has 4 heterocycles. The van der Waals surface area contributed by atoms with Crippen molar-refractivity contribution in [3.05, 3.63) is 82.0 Å². The first-order valence-electron chi connectivity index (χ1n) is 12.3. The molecule has 0 unspecified atom stereocenters. The average Bonchev–Trinajstić information content (AvgIpc) is 3.56. The summed E-state index contributed by atoms with van der Waals surface area (Å²) in [5.41, 5.74) is 8.41. The van der Waals surface area contributed by atoms with E-state index in [0.717, 1.165) is 35.4 Å². The molecule has 186 valence electrons. The van der Waals surface area contributed by atoms with Crippen LogP contribution < -0.4 is 16.5 Å². The van der Waals surface area contributed by atoms with Gasteiger partial charge in [-0.1, -0.05) is 24.3 Å². The van der Waals surface area contributed by atoms with E-state index in [0.29, 0.717) is 33.7 Å². The van der Waals surface area contributed by atoms with Gasteiger partial charge in [-0.2, -0.15) is 0 Å². The fourth-order valence-corrected chi connectivity index (χ4v) is 6.16. The number of hydrogen-bond donors (Lipinski definition) is 2. The molecule has 2 amide bonds. The summed E-state index contributed by atoms with van der Waals surface area (Å²) < 4.78 is 2.87. The second kappa shape index (κ2) is 9.42. The molecule has 0 saturated carbocycles. The molecule has 5 aromatic rings. The van der Waals surface area contributed by atoms with E-state index < -0.39 is 5.91 Å². The maximum absolute atomic E-state index is 13.7. The predicted octanol–water partition coefficient (Wildman–Crippen LogP) is 3.65. The van der Waals surface area contributed by atoms with Crippen molar-refractivity contribution in [3.8, 4) is 11.3 Å². The molecule has 1 saturated heterocycles. The lowest BCUT2D eigenvalue weighted by atomic mass is 10.1. The highest BCUT2D eigenvalue weighted by Gasteiger charge is 2.23. The van der Waals surface area contributed by atoms with Gasteiger partial charge in [-0.3, -0.25) is 18.8 Å². The Morgan fingerprint density at radius 3 is 2.51 bits per heavy atom. The Kier molecular flexibility index (Phi) is 5.94. The molecule has 3 N–H and O–H groups in total. The molecule has 0 bridgehead atoms. The number of aromatic nitrogens is 2. The Morgan fingerprint density at radius 2 is 1.76 bits per heavy atom. The van der Waals surface area contributed by atoms with Gasteiger partial charge < -0.3 is 16.0 Å². The number of thiazole rings is 1. The first kappa shape index (κ1) is 23.3. The molecular weight excluding hydrogens is 486 g/mol. The molecule has 2 aromatic carbocycles. The van der Waals surface area contributed by atoms with Crippen molar-refractivity contribution in [1.82, 2.24) is 19.6 Å². The number of primary amides is 1. The Balaban J connectivity index is 1.48. The summed E-state index contributed by atoms with van der Waals surface area (Å²) in [7, 11) is 0. The third-order valence-electron chi connectivity index (χ3n) is 6.89. The minimum absolute atomic E-state index is 0.149. The number of likely N-dealkylation sites (tertiary alicyclic amines) is 1. The molecule has 9 heteroatoms. The lowest BCUT2D eigenvalue weighted by Crippen LogP contribution is -2.35. The minimum Gasteiger partial charge on any atom is -0.366 e. The van der Waals surface area contributed by atoms with Crippen molar-refractivity contribution >= 4 is 49.2 Å². The van der Waals surface area contributed by atoms with Gasteiger partial charge in [-0.05, 0) is 62.3 Å². The van der Waals surface area contributed by atoms with Crippen LogP contribution in [0.5, 0.6) is 0 Å². The Bertz CT molecular complexity index is 1730. The average molecular weight is 512 g/mol. The van der Waals surface area contributed by atoms with Crippen LogP contribution in [0.25, 0.3) is 37.3 Å². The molecule has 1 aliphatic rings. The highest BCUT2D eigenvalue weighted by molar-refractivity contribution is 7.24. The molecule has 3 aromatic heterocycles. The predicted molar refractivity (Wildman–Crippen MR) is 146 cm³/mol. The van der Waals surface area contributed by atoms with Crippen LogP contribution >= 0.6 is 11.3 Å². The Hall–Kier alpha value is -4.08. The summed E-state index contributed by atoms with van der Waals surface area (Å²) in [6, 6.07) is 18.2. The van der Waals surface area contributed by atoms with E-state index in [1.54, 1.807) is 36.4 Å². The molecule has 1 aliphatic heterocycles. The van der Waals surface area contributed by atoms with Gasteiger partial charge in [0.25, 0.3) is 5.91 Å². The van der Waals surface area contributed by atoms with Crippen molar-refractivity contribution < 1.29 is 9.59 Å². The molecular formula is C28H25N5O3S. The number of carbonyl (C=O) groups is 2. The first-order valence-corrected chi connectivity index (χ1v) is 13.1. The van der Waals surface area contributed by atoms with Crippen molar-refractivity contribution in [2.45, 2.75) is 12.8 Å². The molecule has 0 spiro atoms. The van der Waals surface area contributed by atoms with Gasteiger partial charge in [0.1, 0.15) is 16.0 Å². The third kappa shape index (κ3) is 4.16. The standard InChI is InChI=1S/C28H25N5O3S/c29-25(35)18-9-7-17(8-10-18)20-12-11-19-24(34)23(27(36)30-13-16-32-14-3-4-15-32)28-33(26(19)31-20)21-5-1-2-6-22(21)37-28/h1-2,5-12H,3-4,13-16H2,(H2,29,35)(H,30,36). The SMILES string of the molecule is NC(=O)c1ccc(-c2ccc3c(=O)c(C(=O)NCCN4CCCC4)c4sc5ccccc5n4c3n2)cc1. The summed E-state index contributed by atoms with van der Waals surface area (Å²) in [5.74, 6) is -0.858. The number of benzene rings is 2. The molecule has 1 fully saturated rings. The highest BCUT2D eigenvalue weighted by Crippen LogP contribution is 2.31. The van der Waals surface area contributed by atoms with E-state index in [1.807, 2.05) is 28.7 Å². The quantitative estimate of drug-likeness (QED) is 0.362. The van der Waals surface area contributed by atoms with E-state index in [9.17, 15) is 14.4 Å². The Morgan fingerprint density at radius 1 is 1.00 bits per heavy atom. The first-order chi connectivity index (χ1) is 18.0. The lowest BCUT2D eigenvalue weighted by Gasteiger charge is -2.15. The van der Waals surface area contributed by atoms with Gasteiger partial charge in [0, 0.05) is 24.2 Å². The molecule has 0 radical (unpaired) electrons. The van der Waals surface area contributed by atoms with Crippen molar-refractivity contribution in [3.63, 3.8) is 0 Å². The van der Waals surface area contributed by atoms with Gasteiger partial charge >= 0.3 is 0 Å². The van der Waals surface area contributed by atoms with Crippen LogP contribution in [0, 0.1) is 0 Å². The number of nitrogens with one attached hydrogen (secondary N) is 1. The molecule has 6 rings (SSSR count). The van der Waals surface area contributed by atoms with E-state index in [4.69, 9.17) is 10.7 Å². The number of nitrogens with zero attached hydrogens (tertiary/aromatic N) is 3. The van der Waals surface area contributed by atoms with E-state index in [-0.39, 0.29) is 16.9 Å². The van der Waals surface area contributed by atoms with E-state index >= 15 is 0 Å².